The van der Waals surface area contributed by atoms with Crippen LogP contribution < -0.4 is 19.6 Å². The van der Waals surface area contributed by atoms with Gasteiger partial charge in [0.2, 0.25) is 5.76 Å². The first-order valence-corrected chi connectivity index (χ1v) is 13.0. The van der Waals surface area contributed by atoms with E-state index in [9.17, 15) is 18.8 Å². The van der Waals surface area contributed by atoms with E-state index >= 15 is 0 Å². The number of fused-ring (bicyclic) bond motifs is 1. The van der Waals surface area contributed by atoms with Gasteiger partial charge in [0, 0.05) is 12.7 Å². The fourth-order valence-electron chi connectivity index (χ4n) is 4.20. The number of hydrogen-bond acceptors (Lipinski definition) is 9. The van der Waals surface area contributed by atoms with E-state index in [1.165, 1.54) is 36.1 Å². The van der Waals surface area contributed by atoms with Gasteiger partial charge < -0.3 is 18.6 Å². The van der Waals surface area contributed by atoms with Gasteiger partial charge in [0.05, 0.1) is 34.7 Å². The van der Waals surface area contributed by atoms with Crippen molar-refractivity contribution in [2.24, 2.45) is 4.99 Å². The quantitative estimate of drug-likeness (QED) is 0.184. The summed E-state index contributed by atoms with van der Waals surface area (Å²) in [5.74, 6) is -1.51. The highest BCUT2D eigenvalue weighted by atomic mass is 32.1. The van der Waals surface area contributed by atoms with Crippen LogP contribution in [0.1, 0.15) is 34.6 Å². The molecule has 0 spiro atoms. The molecule has 4 aromatic rings. The largest absolute Gasteiger partial charge is 0.460 e. The Labute approximate surface area is 231 Å². The van der Waals surface area contributed by atoms with E-state index in [4.69, 9.17) is 18.6 Å². The van der Waals surface area contributed by atoms with Crippen molar-refractivity contribution in [2.45, 2.75) is 13.0 Å². The molecule has 3 heterocycles. The molecule has 1 aliphatic heterocycles. The molecular weight excluding hydrogens is 539 g/mol. The summed E-state index contributed by atoms with van der Waals surface area (Å²) in [5, 5.41) is 0. The summed E-state index contributed by atoms with van der Waals surface area (Å²) in [5.41, 5.74) is 0.895. The zero-order valence-corrected chi connectivity index (χ0v) is 22.3. The third kappa shape index (κ3) is 5.42. The Hall–Kier alpha value is -4.61. The predicted molar refractivity (Wildman–Crippen MR) is 143 cm³/mol. The lowest BCUT2D eigenvalue weighted by molar-refractivity contribution is -0.140. The molecule has 11 heteroatoms. The molecule has 2 aromatic carbocycles. The fraction of sp³-hybridized carbons (Fsp3) is 0.172. The maximum absolute atomic E-state index is 14.3. The summed E-state index contributed by atoms with van der Waals surface area (Å²) in [6.45, 7) is 1.87. The zero-order chi connectivity index (χ0) is 28.2. The molecule has 40 heavy (non-hydrogen) atoms. The Morgan fingerprint density at radius 2 is 1.85 bits per heavy atom. The molecule has 0 saturated carbocycles. The molecule has 0 unspecified atom stereocenters. The van der Waals surface area contributed by atoms with Gasteiger partial charge in [0.1, 0.15) is 18.2 Å². The summed E-state index contributed by atoms with van der Waals surface area (Å²) in [6.07, 6.45) is 2.83. The minimum absolute atomic E-state index is 0.0121. The molecule has 204 valence electrons. The van der Waals surface area contributed by atoms with Gasteiger partial charge in [-0.25, -0.2) is 19.0 Å². The molecule has 1 aliphatic rings. The third-order valence-corrected chi connectivity index (χ3v) is 7.07. The maximum atomic E-state index is 14.3. The van der Waals surface area contributed by atoms with E-state index in [0.29, 0.717) is 16.1 Å². The fourth-order valence-corrected chi connectivity index (χ4v) is 5.23. The van der Waals surface area contributed by atoms with E-state index in [0.717, 1.165) is 11.3 Å². The predicted octanol–water partition coefficient (Wildman–Crippen LogP) is 3.38. The van der Waals surface area contributed by atoms with Crippen LogP contribution in [0.2, 0.25) is 0 Å². The number of hydrogen-bond donors (Lipinski definition) is 0. The number of thiazole rings is 1. The van der Waals surface area contributed by atoms with E-state index in [1.807, 2.05) is 0 Å². The molecule has 0 amide bonds. The lowest BCUT2D eigenvalue weighted by Crippen LogP contribution is -2.40. The SMILES string of the molecule is COCCOC(=O)C1=C(C)N=c2s/c(=C/c3ccccc3F)c(=O)n2[C@@H]1c1ccc(OC(=O)c2ccco2)cc1. The molecule has 0 saturated heterocycles. The van der Waals surface area contributed by atoms with Gasteiger partial charge in [-0.1, -0.05) is 41.7 Å². The minimum Gasteiger partial charge on any atom is -0.460 e. The van der Waals surface area contributed by atoms with Crippen molar-refractivity contribution < 1.29 is 32.6 Å². The lowest BCUT2D eigenvalue weighted by atomic mass is 9.96. The molecule has 0 radical (unpaired) electrons. The monoisotopic (exact) mass is 562 g/mol. The second kappa shape index (κ2) is 11.6. The van der Waals surface area contributed by atoms with Gasteiger partial charge in [-0.05, 0) is 48.9 Å². The van der Waals surface area contributed by atoms with Crippen molar-refractivity contribution in [2.75, 3.05) is 20.3 Å². The van der Waals surface area contributed by atoms with Gasteiger partial charge in [0.25, 0.3) is 5.56 Å². The first kappa shape index (κ1) is 27.0. The Balaban J connectivity index is 1.58. The molecule has 9 nitrogen and oxygen atoms in total. The van der Waals surface area contributed by atoms with Crippen LogP contribution in [0.5, 0.6) is 5.75 Å². The zero-order valence-electron chi connectivity index (χ0n) is 21.5. The number of carbonyl (C=O) groups excluding carboxylic acids is 2. The van der Waals surface area contributed by atoms with Crippen LogP contribution in [-0.4, -0.2) is 36.8 Å². The van der Waals surface area contributed by atoms with E-state index < -0.39 is 29.4 Å². The molecule has 2 aromatic heterocycles. The highest BCUT2D eigenvalue weighted by Gasteiger charge is 2.33. The molecule has 0 fully saturated rings. The average Bonchev–Trinajstić information content (AvgIpc) is 3.59. The van der Waals surface area contributed by atoms with Gasteiger partial charge in [-0.2, -0.15) is 0 Å². The van der Waals surface area contributed by atoms with Crippen LogP contribution in [-0.2, 0) is 14.3 Å². The summed E-state index contributed by atoms with van der Waals surface area (Å²) in [6, 6.07) is 14.7. The smallest absolute Gasteiger partial charge is 0.379 e. The Morgan fingerprint density at radius 1 is 1.07 bits per heavy atom. The van der Waals surface area contributed by atoms with Crippen LogP contribution in [0.4, 0.5) is 4.39 Å². The second-order valence-corrected chi connectivity index (χ2v) is 9.68. The summed E-state index contributed by atoms with van der Waals surface area (Å²) in [4.78, 5) is 44.0. The van der Waals surface area contributed by atoms with Gasteiger partial charge >= 0.3 is 11.9 Å². The van der Waals surface area contributed by atoms with Crippen LogP contribution in [0, 0.1) is 5.82 Å². The van der Waals surface area contributed by atoms with Crippen molar-refractivity contribution >= 4 is 29.4 Å². The standard InChI is InChI=1S/C29H23FN2O7S/c1-17-24(28(35)38-15-14-36-2)25(18-9-11-20(12-10-18)39-27(34)22-8-5-13-37-22)32-26(33)23(40-29(32)31-17)16-19-6-3-4-7-21(19)30/h3-13,16,25H,14-15H2,1-2H3/b23-16+/t25-/m1/s1. The maximum Gasteiger partial charge on any atom is 0.379 e. The number of rotatable bonds is 8. The van der Waals surface area contributed by atoms with Crippen LogP contribution >= 0.6 is 11.3 Å². The van der Waals surface area contributed by atoms with E-state index in [2.05, 4.69) is 4.99 Å². The number of nitrogens with zero attached hydrogens (tertiary/aromatic N) is 2. The van der Waals surface area contributed by atoms with Crippen molar-refractivity contribution in [1.82, 2.24) is 4.57 Å². The summed E-state index contributed by atoms with van der Waals surface area (Å²) >= 11 is 1.09. The Morgan fingerprint density at radius 3 is 2.55 bits per heavy atom. The Kier molecular flexibility index (Phi) is 7.85. The normalized spacial score (nSPS) is 15.0. The number of benzene rings is 2. The number of methoxy groups -OCH3 is 1. The third-order valence-electron chi connectivity index (χ3n) is 6.08. The van der Waals surface area contributed by atoms with Gasteiger partial charge in [-0.15, -0.1) is 0 Å². The van der Waals surface area contributed by atoms with Gasteiger partial charge in [0.15, 0.2) is 4.80 Å². The van der Waals surface area contributed by atoms with E-state index in [-0.39, 0.29) is 40.4 Å². The van der Waals surface area contributed by atoms with Crippen LogP contribution in [0.15, 0.2) is 92.4 Å². The topological polar surface area (TPSA) is 109 Å². The summed E-state index contributed by atoms with van der Waals surface area (Å²) in [7, 11) is 1.49. The molecule has 5 rings (SSSR count). The average molecular weight is 563 g/mol. The number of allylic oxidation sites excluding steroid dienone is 1. The van der Waals surface area contributed by atoms with Crippen LogP contribution in [0.3, 0.4) is 0 Å². The number of halogens is 1. The number of furan rings is 1. The highest BCUT2D eigenvalue weighted by Crippen LogP contribution is 2.31. The van der Waals surface area contributed by atoms with Crippen molar-refractivity contribution in [1.29, 1.82) is 0 Å². The van der Waals surface area contributed by atoms with Crippen molar-refractivity contribution in [3.8, 4) is 5.75 Å². The van der Waals surface area contributed by atoms with Gasteiger partial charge in [-0.3, -0.25) is 9.36 Å². The number of carbonyl (C=O) groups is 2. The lowest BCUT2D eigenvalue weighted by Gasteiger charge is -2.25. The number of ether oxygens (including phenoxy) is 3. The van der Waals surface area contributed by atoms with Crippen LogP contribution in [0.25, 0.3) is 6.08 Å². The van der Waals surface area contributed by atoms with Crippen molar-refractivity contribution in [3.63, 3.8) is 0 Å². The van der Waals surface area contributed by atoms with Crippen molar-refractivity contribution in [3.05, 3.63) is 121 Å². The molecule has 0 aliphatic carbocycles. The number of aromatic nitrogens is 1. The first-order valence-electron chi connectivity index (χ1n) is 12.2. The summed E-state index contributed by atoms with van der Waals surface area (Å²) < 4.78 is 36.8. The minimum atomic E-state index is -0.899. The van der Waals surface area contributed by atoms with E-state index in [1.54, 1.807) is 55.5 Å². The number of esters is 2. The highest BCUT2D eigenvalue weighted by molar-refractivity contribution is 7.07. The molecule has 1 atom stereocenters. The Bertz CT molecular complexity index is 1770. The first-order chi connectivity index (χ1) is 19.4. The molecule has 0 bridgehead atoms. The molecular formula is C29H23FN2O7S. The molecule has 0 N–H and O–H groups in total. The second-order valence-electron chi connectivity index (χ2n) is 8.67.